The van der Waals surface area contributed by atoms with Gasteiger partial charge in [0.2, 0.25) is 0 Å². The Morgan fingerprint density at radius 3 is 1.60 bits per heavy atom. The molecule has 3 rings (SSSR count). The first-order valence-electron chi connectivity index (χ1n) is 8.24. The van der Waals surface area contributed by atoms with Crippen LogP contribution in [0.2, 0.25) is 0 Å². The summed E-state index contributed by atoms with van der Waals surface area (Å²) in [5.74, 6) is -0.299. The topological polar surface area (TPSA) is 26.3 Å². The van der Waals surface area contributed by atoms with Crippen molar-refractivity contribution in [3.8, 4) is 0 Å². The van der Waals surface area contributed by atoms with E-state index in [0.717, 1.165) is 16.7 Å². The SMILES string of the molecule is CC(=O)OC(c1ccccc1)C(P)(c1ccccc1)c1ccccc1. The molecule has 3 heteroatoms. The molecular formula is C22H21O2P. The average Bonchev–Trinajstić information content (AvgIpc) is 2.67. The summed E-state index contributed by atoms with van der Waals surface area (Å²) in [6.07, 6.45) is -0.457. The van der Waals surface area contributed by atoms with Crippen molar-refractivity contribution in [2.45, 2.75) is 18.2 Å². The minimum Gasteiger partial charge on any atom is -0.456 e. The number of ether oxygens (including phenoxy) is 1. The summed E-state index contributed by atoms with van der Waals surface area (Å²) >= 11 is 0. The molecule has 0 radical (unpaired) electrons. The Labute approximate surface area is 151 Å². The number of esters is 1. The quantitative estimate of drug-likeness (QED) is 0.473. The Kier molecular flexibility index (Phi) is 5.31. The Morgan fingerprint density at radius 2 is 1.20 bits per heavy atom. The number of hydrogen-bond donors (Lipinski definition) is 0. The molecule has 0 aliphatic heterocycles. The van der Waals surface area contributed by atoms with Gasteiger partial charge in [0.1, 0.15) is 6.10 Å². The minimum absolute atomic E-state index is 0.299. The van der Waals surface area contributed by atoms with Crippen molar-refractivity contribution in [1.82, 2.24) is 0 Å². The lowest BCUT2D eigenvalue weighted by molar-refractivity contribution is -0.148. The summed E-state index contributed by atoms with van der Waals surface area (Å²) < 4.78 is 5.85. The van der Waals surface area contributed by atoms with Gasteiger partial charge in [-0.05, 0) is 16.7 Å². The molecule has 2 nitrogen and oxygen atoms in total. The summed E-state index contributed by atoms with van der Waals surface area (Å²) in [5.41, 5.74) is 3.10. The molecule has 3 aromatic carbocycles. The standard InChI is InChI=1S/C22H21O2P/c1-17(23)24-21(18-11-5-2-6-12-18)22(25,19-13-7-3-8-14-19)20-15-9-4-10-16-20/h2-16,21H,25H2,1H3. The van der Waals surface area contributed by atoms with Crippen molar-refractivity contribution in [2.75, 3.05) is 0 Å². The highest BCUT2D eigenvalue weighted by atomic mass is 31.0. The average molecular weight is 348 g/mol. The molecule has 0 fully saturated rings. The minimum atomic E-state index is -0.588. The normalized spacial score (nSPS) is 12.4. The van der Waals surface area contributed by atoms with Gasteiger partial charge in [-0.2, -0.15) is 0 Å². The number of benzene rings is 3. The maximum Gasteiger partial charge on any atom is 0.303 e. The van der Waals surface area contributed by atoms with E-state index in [9.17, 15) is 4.79 Å². The van der Waals surface area contributed by atoms with Gasteiger partial charge in [0.15, 0.2) is 0 Å². The highest BCUT2D eigenvalue weighted by Gasteiger charge is 2.41. The molecule has 0 bridgehead atoms. The Bertz CT molecular complexity index is 777. The highest BCUT2D eigenvalue weighted by molar-refractivity contribution is 7.19. The number of rotatable bonds is 5. The van der Waals surface area contributed by atoms with E-state index in [2.05, 4.69) is 33.5 Å². The summed E-state index contributed by atoms with van der Waals surface area (Å²) in [4.78, 5) is 11.9. The van der Waals surface area contributed by atoms with Gasteiger partial charge in [0.25, 0.3) is 0 Å². The van der Waals surface area contributed by atoms with Crippen LogP contribution in [0.3, 0.4) is 0 Å². The summed E-state index contributed by atoms with van der Waals surface area (Å²) in [6, 6.07) is 30.2. The lowest BCUT2D eigenvalue weighted by Crippen LogP contribution is -2.31. The second-order valence-corrected chi connectivity index (χ2v) is 6.91. The first kappa shape index (κ1) is 17.4. The van der Waals surface area contributed by atoms with Gasteiger partial charge in [-0.3, -0.25) is 4.79 Å². The number of hydrogen-bond acceptors (Lipinski definition) is 2. The van der Waals surface area contributed by atoms with E-state index in [-0.39, 0.29) is 5.97 Å². The molecule has 25 heavy (non-hydrogen) atoms. The molecule has 0 aliphatic rings. The molecule has 3 aromatic rings. The number of carbonyl (C=O) groups is 1. The molecule has 2 atom stereocenters. The maximum atomic E-state index is 11.9. The summed E-state index contributed by atoms with van der Waals surface area (Å²) in [7, 11) is 2.95. The predicted octanol–water partition coefficient (Wildman–Crippen LogP) is 5.11. The Balaban J connectivity index is 2.22. The first-order chi connectivity index (χ1) is 12.1. The monoisotopic (exact) mass is 348 g/mol. The largest absolute Gasteiger partial charge is 0.456 e. The van der Waals surface area contributed by atoms with E-state index in [1.165, 1.54) is 6.92 Å². The Morgan fingerprint density at radius 1 is 0.800 bits per heavy atom. The van der Waals surface area contributed by atoms with Gasteiger partial charge >= 0.3 is 5.97 Å². The molecule has 0 heterocycles. The van der Waals surface area contributed by atoms with Crippen LogP contribution in [-0.4, -0.2) is 5.97 Å². The zero-order valence-electron chi connectivity index (χ0n) is 14.1. The van der Waals surface area contributed by atoms with Crippen LogP contribution in [0.1, 0.15) is 29.7 Å². The zero-order chi connectivity index (χ0) is 17.7. The smallest absolute Gasteiger partial charge is 0.303 e. The second kappa shape index (κ2) is 7.63. The van der Waals surface area contributed by atoms with Gasteiger partial charge in [-0.25, -0.2) is 0 Å². The van der Waals surface area contributed by atoms with Crippen LogP contribution in [0.15, 0.2) is 91.0 Å². The zero-order valence-corrected chi connectivity index (χ0v) is 15.3. The maximum absolute atomic E-state index is 11.9. The lowest BCUT2D eigenvalue weighted by atomic mass is 9.82. The van der Waals surface area contributed by atoms with Crippen LogP contribution in [0.25, 0.3) is 0 Å². The molecule has 0 aliphatic carbocycles. The van der Waals surface area contributed by atoms with Crippen LogP contribution in [0, 0.1) is 0 Å². The molecule has 2 unspecified atom stereocenters. The van der Waals surface area contributed by atoms with Gasteiger partial charge in [0.05, 0.1) is 5.16 Å². The Hall–Kier alpha value is -2.44. The van der Waals surface area contributed by atoms with Crippen molar-refractivity contribution in [1.29, 1.82) is 0 Å². The van der Waals surface area contributed by atoms with Gasteiger partial charge in [-0.1, -0.05) is 91.0 Å². The van der Waals surface area contributed by atoms with Crippen LogP contribution < -0.4 is 0 Å². The van der Waals surface area contributed by atoms with Gasteiger partial charge in [-0.15, -0.1) is 9.24 Å². The van der Waals surface area contributed by atoms with E-state index < -0.39 is 11.3 Å². The van der Waals surface area contributed by atoms with E-state index in [1.54, 1.807) is 0 Å². The van der Waals surface area contributed by atoms with E-state index in [0.29, 0.717) is 0 Å². The van der Waals surface area contributed by atoms with E-state index in [4.69, 9.17) is 4.74 Å². The van der Waals surface area contributed by atoms with Crippen LogP contribution >= 0.6 is 9.24 Å². The van der Waals surface area contributed by atoms with Crippen LogP contribution in [-0.2, 0) is 14.7 Å². The molecule has 0 saturated heterocycles. The van der Waals surface area contributed by atoms with Crippen LogP contribution in [0.5, 0.6) is 0 Å². The van der Waals surface area contributed by atoms with Crippen molar-refractivity contribution < 1.29 is 9.53 Å². The van der Waals surface area contributed by atoms with Gasteiger partial charge < -0.3 is 4.74 Å². The lowest BCUT2D eigenvalue weighted by Gasteiger charge is -2.38. The molecule has 0 aromatic heterocycles. The second-order valence-electron chi connectivity index (χ2n) is 6.00. The molecule has 0 amide bonds. The highest BCUT2D eigenvalue weighted by Crippen LogP contribution is 2.50. The summed E-state index contributed by atoms with van der Waals surface area (Å²) in [6.45, 7) is 1.46. The molecular weight excluding hydrogens is 327 g/mol. The van der Waals surface area contributed by atoms with Gasteiger partial charge in [0, 0.05) is 6.92 Å². The third-order valence-corrected chi connectivity index (χ3v) is 5.27. The third-order valence-electron chi connectivity index (χ3n) is 4.30. The van der Waals surface area contributed by atoms with Crippen molar-refractivity contribution in [3.63, 3.8) is 0 Å². The third kappa shape index (κ3) is 3.65. The fraction of sp³-hybridized carbons (Fsp3) is 0.136. The summed E-state index contributed by atoms with van der Waals surface area (Å²) in [5, 5.41) is -0.588. The van der Waals surface area contributed by atoms with Crippen molar-refractivity contribution >= 4 is 15.2 Å². The number of carbonyl (C=O) groups excluding carboxylic acids is 1. The van der Waals surface area contributed by atoms with Crippen LogP contribution in [0.4, 0.5) is 0 Å². The van der Waals surface area contributed by atoms with Crippen molar-refractivity contribution in [3.05, 3.63) is 108 Å². The predicted molar refractivity (Wildman–Crippen MR) is 104 cm³/mol. The van der Waals surface area contributed by atoms with E-state index >= 15 is 0 Å². The molecule has 0 spiro atoms. The molecule has 0 saturated carbocycles. The fourth-order valence-corrected chi connectivity index (χ4v) is 3.76. The molecule has 126 valence electrons. The van der Waals surface area contributed by atoms with Crippen molar-refractivity contribution in [2.24, 2.45) is 0 Å². The fourth-order valence-electron chi connectivity index (χ4n) is 3.11. The molecule has 0 N–H and O–H groups in total. The first-order valence-corrected chi connectivity index (χ1v) is 8.82. The van der Waals surface area contributed by atoms with E-state index in [1.807, 2.05) is 66.7 Å².